The Hall–Kier alpha value is -2.58. The summed E-state index contributed by atoms with van der Waals surface area (Å²) in [6, 6.07) is 2.02. The van der Waals surface area contributed by atoms with Crippen LogP contribution >= 0.6 is 0 Å². The summed E-state index contributed by atoms with van der Waals surface area (Å²) < 4.78 is 4.94. The number of carbonyl (C=O) groups excluding carboxylic acids is 2. The van der Waals surface area contributed by atoms with Gasteiger partial charge in [0.15, 0.2) is 0 Å². The first-order valence-electron chi connectivity index (χ1n) is 5.97. The van der Waals surface area contributed by atoms with Crippen molar-refractivity contribution in [3.8, 4) is 0 Å². The number of nitrogens with zero attached hydrogens (tertiary/aromatic N) is 4. The van der Waals surface area contributed by atoms with Crippen molar-refractivity contribution in [1.29, 1.82) is 0 Å². The molecule has 0 spiro atoms. The van der Waals surface area contributed by atoms with E-state index in [1.807, 2.05) is 13.8 Å². The van der Waals surface area contributed by atoms with Gasteiger partial charge in [-0.25, -0.2) is 9.80 Å². The molecule has 1 aromatic heterocycles. The first-order chi connectivity index (χ1) is 9.41. The van der Waals surface area contributed by atoms with Crippen LogP contribution in [0.5, 0.6) is 0 Å². The molecule has 9 nitrogen and oxygen atoms in total. The zero-order valence-corrected chi connectivity index (χ0v) is 11.7. The van der Waals surface area contributed by atoms with Crippen molar-refractivity contribution in [2.45, 2.75) is 13.8 Å². The highest BCUT2D eigenvalue weighted by molar-refractivity contribution is 6.02. The Balaban J connectivity index is 0.000000956. The second-order valence-corrected chi connectivity index (χ2v) is 3.69. The summed E-state index contributed by atoms with van der Waals surface area (Å²) in [5.74, 6) is -0.672. The van der Waals surface area contributed by atoms with Crippen LogP contribution in [-0.4, -0.2) is 47.4 Å². The van der Waals surface area contributed by atoms with Crippen LogP contribution in [0, 0.1) is 10.1 Å². The Morgan fingerprint density at radius 3 is 2.35 bits per heavy atom. The van der Waals surface area contributed by atoms with Crippen LogP contribution in [-0.2, 0) is 4.79 Å². The van der Waals surface area contributed by atoms with E-state index in [1.165, 1.54) is 31.2 Å². The molecule has 1 aliphatic rings. The minimum Gasteiger partial charge on any atom is -0.383 e. The third-order valence-electron chi connectivity index (χ3n) is 2.61. The van der Waals surface area contributed by atoms with Gasteiger partial charge in [0.25, 0.3) is 5.91 Å². The number of imide groups is 1. The lowest BCUT2D eigenvalue weighted by Gasteiger charge is -2.25. The van der Waals surface area contributed by atoms with E-state index in [2.05, 4.69) is 0 Å². The number of amides is 3. The molecule has 0 bridgehead atoms. The lowest BCUT2D eigenvalue weighted by atomic mass is 10.5. The smallest absolute Gasteiger partial charge is 0.383 e. The minimum atomic E-state index is -0.680. The summed E-state index contributed by atoms with van der Waals surface area (Å²) in [5, 5.41) is 12.9. The van der Waals surface area contributed by atoms with Gasteiger partial charge in [0.2, 0.25) is 5.88 Å². The summed E-state index contributed by atoms with van der Waals surface area (Å²) in [6.45, 7) is 3.88. The molecule has 1 aromatic rings. The zero-order valence-electron chi connectivity index (χ0n) is 11.7. The predicted octanol–water partition coefficient (Wildman–Crippen LogP) is 1.46. The lowest BCUT2D eigenvalue weighted by Crippen LogP contribution is -2.42. The Bertz CT molecular complexity index is 527. The van der Waals surface area contributed by atoms with E-state index in [9.17, 15) is 19.7 Å². The maximum Gasteiger partial charge on any atom is 0.434 e. The Morgan fingerprint density at radius 2 is 1.95 bits per heavy atom. The van der Waals surface area contributed by atoms with Gasteiger partial charge >= 0.3 is 11.9 Å². The fourth-order valence-corrected chi connectivity index (χ4v) is 1.52. The van der Waals surface area contributed by atoms with Gasteiger partial charge in [-0.3, -0.25) is 24.8 Å². The van der Waals surface area contributed by atoms with E-state index in [4.69, 9.17) is 4.42 Å². The third-order valence-corrected chi connectivity index (χ3v) is 2.61. The van der Waals surface area contributed by atoms with E-state index in [0.29, 0.717) is 0 Å². The molecular weight excluding hydrogens is 268 g/mol. The van der Waals surface area contributed by atoms with Crippen molar-refractivity contribution in [1.82, 2.24) is 9.91 Å². The van der Waals surface area contributed by atoms with E-state index >= 15 is 0 Å². The average Bonchev–Trinajstić information content (AvgIpc) is 3.02. The van der Waals surface area contributed by atoms with Gasteiger partial charge in [0.1, 0.15) is 11.5 Å². The number of carbonyl (C=O) groups is 2. The molecular formula is C11H16N4O5. The minimum absolute atomic E-state index is 0.109. The molecule has 9 heteroatoms. The van der Waals surface area contributed by atoms with E-state index in [0.717, 1.165) is 9.91 Å². The number of urea groups is 1. The predicted molar refractivity (Wildman–Crippen MR) is 70.0 cm³/mol. The number of hydrazine groups is 1. The first kappa shape index (κ1) is 15.5. The fourth-order valence-electron chi connectivity index (χ4n) is 1.52. The Labute approximate surface area is 115 Å². The lowest BCUT2D eigenvalue weighted by molar-refractivity contribution is -0.401. The van der Waals surface area contributed by atoms with Gasteiger partial charge in [-0.1, -0.05) is 13.8 Å². The standard InChI is InChI=1S/C9H10N4O5.C2H6/c1-10-6(14)5-12(9(10)15)11(2)7-3-4-8(18-7)13(16)17;1-2/h3-4H,5H2,1-2H3;1-2H3. The van der Waals surface area contributed by atoms with Gasteiger partial charge < -0.3 is 4.42 Å². The highest BCUT2D eigenvalue weighted by Crippen LogP contribution is 2.25. The molecule has 1 fully saturated rings. The van der Waals surface area contributed by atoms with Crippen molar-refractivity contribution in [3.63, 3.8) is 0 Å². The number of hydrogen-bond donors (Lipinski definition) is 0. The number of rotatable bonds is 3. The van der Waals surface area contributed by atoms with Crippen LogP contribution < -0.4 is 5.01 Å². The van der Waals surface area contributed by atoms with E-state index in [1.54, 1.807) is 0 Å². The van der Waals surface area contributed by atoms with Crippen molar-refractivity contribution in [3.05, 3.63) is 22.2 Å². The van der Waals surface area contributed by atoms with Gasteiger partial charge in [-0.05, 0) is 0 Å². The molecule has 1 aliphatic heterocycles. The number of nitro groups is 1. The molecule has 110 valence electrons. The van der Waals surface area contributed by atoms with Crippen LogP contribution in [0.15, 0.2) is 16.5 Å². The van der Waals surface area contributed by atoms with Crippen LogP contribution in [0.25, 0.3) is 0 Å². The van der Waals surface area contributed by atoms with Crippen LogP contribution in [0.3, 0.4) is 0 Å². The van der Waals surface area contributed by atoms with Crippen LogP contribution in [0.2, 0.25) is 0 Å². The molecule has 0 aromatic carbocycles. The molecule has 0 N–H and O–H groups in total. The number of hydrogen-bond acceptors (Lipinski definition) is 6. The van der Waals surface area contributed by atoms with Gasteiger partial charge in [0, 0.05) is 20.2 Å². The molecule has 0 atom stereocenters. The Kier molecular flexibility index (Phi) is 4.68. The first-order valence-corrected chi connectivity index (χ1v) is 5.97. The van der Waals surface area contributed by atoms with Crippen molar-refractivity contribution < 1.29 is 18.9 Å². The molecule has 2 heterocycles. The highest BCUT2D eigenvalue weighted by atomic mass is 16.6. The molecule has 0 saturated carbocycles. The summed E-state index contributed by atoms with van der Waals surface area (Å²) in [7, 11) is 2.84. The second-order valence-electron chi connectivity index (χ2n) is 3.69. The normalized spacial score (nSPS) is 14.2. The molecule has 0 radical (unpaired) electrons. The molecule has 1 saturated heterocycles. The van der Waals surface area contributed by atoms with Crippen molar-refractivity contribution >= 4 is 23.7 Å². The largest absolute Gasteiger partial charge is 0.434 e. The zero-order chi connectivity index (χ0) is 15.4. The Morgan fingerprint density at radius 1 is 1.35 bits per heavy atom. The summed E-state index contributed by atoms with van der Waals surface area (Å²) in [6.07, 6.45) is 0. The number of furan rings is 1. The number of anilines is 1. The molecule has 3 amide bonds. The maximum atomic E-state index is 11.7. The SMILES string of the molecule is CC.CN1C(=O)CN(N(C)c2ccc([N+](=O)[O-])o2)C1=O. The van der Waals surface area contributed by atoms with Gasteiger partial charge in [0.05, 0.1) is 6.07 Å². The monoisotopic (exact) mass is 284 g/mol. The average molecular weight is 284 g/mol. The molecule has 20 heavy (non-hydrogen) atoms. The third kappa shape index (κ3) is 2.71. The fraction of sp³-hybridized carbons (Fsp3) is 0.455. The summed E-state index contributed by atoms with van der Waals surface area (Å²) in [4.78, 5) is 33.8. The molecule has 2 rings (SSSR count). The van der Waals surface area contributed by atoms with Gasteiger partial charge in [-0.15, -0.1) is 0 Å². The topological polar surface area (TPSA) is 100 Å². The van der Waals surface area contributed by atoms with E-state index in [-0.39, 0.29) is 18.3 Å². The maximum absolute atomic E-state index is 11.7. The van der Waals surface area contributed by atoms with Gasteiger partial charge in [-0.2, -0.15) is 0 Å². The van der Waals surface area contributed by atoms with E-state index < -0.39 is 16.8 Å². The molecule has 0 unspecified atom stereocenters. The number of likely N-dealkylation sites (N-methyl/N-ethyl adjacent to an activating group) is 1. The second kappa shape index (κ2) is 6.04. The summed E-state index contributed by atoms with van der Waals surface area (Å²) in [5.41, 5.74) is 0. The van der Waals surface area contributed by atoms with Crippen molar-refractivity contribution in [2.75, 3.05) is 25.6 Å². The van der Waals surface area contributed by atoms with Crippen molar-refractivity contribution in [2.24, 2.45) is 0 Å². The van der Waals surface area contributed by atoms with Crippen LogP contribution in [0.1, 0.15) is 13.8 Å². The van der Waals surface area contributed by atoms with Crippen LogP contribution in [0.4, 0.5) is 16.6 Å². The highest BCUT2D eigenvalue weighted by Gasteiger charge is 2.36. The molecule has 0 aliphatic carbocycles. The summed E-state index contributed by atoms with van der Waals surface area (Å²) >= 11 is 0. The quantitative estimate of drug-likeness (QED) is 0.473.